The van der Waals surface area contributed by atoms with Crippen molar-refractivity contribution in [3.05, 3.63) is 99.9 Å². The standard InChI is InChI=1S/C37H34FN5O3S2/c1-22-15-29(33(39-18-22)42-20-37(21-42)10-13-46-14-11-37)34(44)41-27-6-3-24(4-7-27)36(45)43-12-9-25-16-31(35-40-23(2)19-47-35)48-32(25)28-8-5-26(38)17-30(28)43/h3-8,15-19H,9-14,20-21H2,1-2H3,(H,41,44). The smallest absolute Gasteiger partial charge is 0.259 e. The van der Waals surface area contributed by atoms with Crippen LogP contribution in [0.15, 0.2) is 66.2 Å². The van der Waals surface area contributed by atoms with Crippen LogP contribution in [0.25, 0.3) is 20.3 Å². The Bertz CT molecular complexity index is 2040. The lowest BCUT2D eigenvalue weighted by molar-refractivity contribution is -0.000510. The first kappa shape index (κ1) is 30.9. The van der Waals surface area contributed by atoms with E-state index in [4.69, 9.17) is 4.74 Å². The summed E-state index contributed by atoms with van der Waals surface area (Å²) in [5.41, 5.74) is 6.19. The van der Waals surface area contributed by atoms with Crippen molar-refractivity contribution in [2.45, 2.75) is 33.1 Å². The molecule has 2 saturated heterocycles. The Morgan fingerprint density at radius 1 is 1.02 bits per heavy atom. The van der Waals surface area contributed by atoms with Gasteiger partial charge in [0, 0.05) is 77.2 Å². The number of ether oxygens (including phenoxy) is 1. The maximum atomic E-state index is 14.7. The second-order valence-corrected chi connectivity index (χ2v) is 14.9. The van der Waals surface area contributed by atoms with Crippen LogP contribution in [0.2, 0.25) is 0 Å². The number of hydrogen-bond acceptors (Lipinski definition) is 8. The van der Waals surface area contributed by atoms with Crippen LogP contribution in [0.3, 0.4) is 0 Å². The van der Waals surface area contributed by atoms with Crippen molar-refractivity contribution in [1.29, 1.82) is 0 Å². The summed E-state index contributed by atoms with van der Waals surface area (Å²) >= 11 is 3.24. The molecule has 11 heteroatoms. The van der Waals surface area contributed by atoms with Crippen LogP contribution in [0.4, 0.5) is 21.6 Å². The molecule has 2 fully saturated rings. The average molecular weight is 680 g/mol. The molecule has 0 aliphatic carbocycles. The molecule has 1 N–H and O–H groups in total. The van der Waals surface area contributed by atoms with Gasteiger partial charge in [-0.15, -0.1) is 22.7 Å². The third-order valence-electron chi connectivity index (χ3n) is 9.53. The van der Waals surface area contributed by atoms with Crippen LogP contribution in [0.1, 0.15) is 50.4 Å². The summed E-state index contributed by atoms with van der Waals surface area (Å²) in [5.74, 6) is -0.178. The molecule has 48 heavy (non-hydrogen) atoms. The van der Waals surface area contributed by atoms with E-state index in [1.54, 1.807) is 64.1 Å². The van der Waals surface area contributed by atoms with Crippen LogP contribution in [-0.2, 0) is 11.2 Å². The number of nitrogens with zero attached hydrogens (tertiary/aromatic N) is 4. The summed E-state index contributed by atoms with van der Waals surface area (Å²) in [6.45, 7) is 7.62. The maximum Gasteiger partial charge on any atom is 0.259 e. The molecule has 2 aromatic carbocycles. The quantitative estimate of drug-likeness (QED) is 0.204. The van der Waals surface area contributed by atoms with E-state index in [0.717, 1.165) is 76.3 Å². The van der Waals surface area contributed by atoms with Crippen molar-refractivity contribution >= 4 is 51.7 Å². The number of pyridine rings is 1. The predicted molar refractivity (Wildman–Crippen MR) is 189 cm³/mol. The normalized spacial score (nSPS) is 16.6. The molecule has 0 radical (unpaired) electrons. The third kappa shape index (κ3) is 5.69. The van der Waals surface area contributed by atoms with Gasteiger partial charge < -0.3 is 19.9 Å². The van der Waals surface area contributed by atoms with Crippen LogP contribution in [0, 0.1) is 25.1 Å². The van der Waals surface area contributed by atoms with E-state index in [2.05, 4.69) is 26.3 Å². The summed E-state index contributed by atoms with van der Waals surface area (Å²) in [4.78, 5) is 42.8. The Morgan fingerprint density at radius 2 is 1.81 bits per heavy atom. The van der Waals surface area contributed by atoms with Gasteiger partial charge in [0.1, 0.15) is 16.6 Å². The van der Waals surface area contributed by atoms with Crippen molar-refractivity contribution in [1.82, 2.24) is 9.97 Å². The molecular formula is C37H34FN5O3S2. The lowest BCUT2D eigenvalue weighted by atomic mass is 9.73. The molecule has 3 aliphatic heterocycles. The third-order valence-corrected chi connectivity index (χ3v) is 11.9. The Balaban J connectivity index is 1.01. The number of hydrogen-bond donors (Lipinski definition) is 1. The van der Waals surface area contributed by atoms with Gasteiger partial charge in [0.15, 0.2) is 0 Å². The van der Waals surface area contributed by atoms with Gasteiger partial charge in [0.05, 0.1) is 16.1 Å². The molecule has 3 aliphatic rings. The van der Waals surface area contributed by atoms with E-state index >= 15 is 0 Å². The molecule has 8 nitrogen and oxygen atoms in total. The summed E-state index contributed by atoms with van der Waals surface area (Å²) in [6.07, 6.45) is 4.49. The topological polar surface area (TPSA) is 87.7 Å². The summed E-state index contributed by atoms with van der Waals surface area (Å²) in [5, 5.41) is 6.01. The van der Waals surface area contributed by atoms with Gasteiger partial charge >= 0.3 is 0 Å². The molecular weight excluding hydrogens is 646 g/mol. The van der Waals surface area contributed by atoms with Gasteiger partial charge in [-0.1, -0.05) is 0 Å². The largest absolute Gasteiger partial charge is 0.381 e. The first-order chi connectivity index (χ1) is 23.2. The fourth-order valence-corrected chi connectivity index (χ4v) is 9.07. The van der Waals surface area contributed by atoms with Crippen LogP contribution < -0.4 is 15.1 Å². The fraction of sp³-hybridized carbons (Fsp3) is 0.297. The number of aromatic nitrogens is 2. The molecule has 6 heterocycles. The number of thiophene rings is 1. The van der Waals surface area contributed by atoms with E-state index in [0.29, 0.717) is 41.3 Å². The second kappa shape index (κ2) is 12.2. The molecule has 5 aromatic rings. The first-order valence-corrected chi connectivity index (χ1v) is 17.8. The van der Waals surface area contributed by atoms with Crippen LogP contribution in [-0.4, -0.2) is 54.6 Å². The Labute approximate surface area is 286 Å². The van der Waals surface area contributed by atoms with Gasteiger partial charge in [-0.25, -0.2) is 14.4 Å². The second-order valence-electron chi connectivity index (χ2n) is 13.0. The summed E-state index contributed by atoms with van der Waals surface area (Å²) in [6, 6.07) is 15.6. The summed E-state index contributed by atoms with van der Waals surface area (Å²) < 4.78 is 20.2. The van der Waals surface area contributed by atoms with Gasteiger partial charge in [-0.2, -0.15) is 0 Å². The van der Waals surface area contributed by atoms with Crippen molar-refractivity contribution in [3.63, 3.8) is 0 Å². The number of amides is 2. The lowest BCUT2D eigenvalue weighted by Crippen LogP contribution is -2.59. The van der Waals surface area contributed by atoms with Gasteiger partial charge in [0.2, 0.25) is 0 Å². The van der Waals surface area contributed by atoms with Crippen molar-refractivity contribution in [2.75, 3.05) is 48.0 Å². The number of fused-ring (bicyclic) bond motifs is 3. The number of nitrogens with one attached hydrogen (secondary N) is 1. The number of benzene rings is 2. The van der Waals surface area contributed by atoms with E-state index < -0.39 is 5.82 Å². The number of aryl methyl sites for hydroxylation is 2. The summed E-state index contributed by atoms with van der Waals surface area (Å²) in [7, 11) is 0. The highest BCUT2D eigenvalue weighted by Crippen LogP contribution is 2.46. The van der Waals surface area contributed by atoms with Crippen molar-refractivity contribution < 1.29 is 18.7 Å². The number of halogens is 1. The minimum atomic E-state index is -0.397. The highest BCUT2D eigenvalue weighted by molar-refractivity contribution is 7.23. The highest BCUT2D eigenvalue weighted by atomic mass is 32.1. The zero-order valence-electron chi connectivity index (χ0n) is 26.7. The molecule has 0 bridgehead atoms. The SMILES string of the molecule is Cc1cnc(N2CC3(CCOCC3)C2)c(C(=O)Nc2ccc(C(=O)N3CCc4cc(-c5nc(C)cs5)sc4-c4ccc(F)cc43)cc2)c1. The van der Waals surface area contributed by atoms with Crippen molar-refractivity contribution in [2.24, 2.45) is 5.41 Å². The van der Waals surface area contributed by atoms with Gasteiger partial charge in [-0.3, -0.25) is 9.59 Å². The fourth-order valence-electron chi connectivity index (χ4n) is 6.96. The van der Waals surface area contributed by atoms with E-state index in [1.807, 2.05) is 25.3 Å². The van der Waals surface area contributed by atoms with E-state index in [1.165, 1.54) is 12.1 Å². The lowest BCUT2D eigenvalue weighted by Gasteiger charge is -2.53. The van der Waals surface area contributed by atoms with Crippen LogP contribution in [0.5, 0.6) is 0 Å². The van der Waals surface area contributed by atoms with E-state index in [-0.39, 0.29) is 17.2 Å². The monoisotopic (exact) mass is 679 g/mol. The molecule has 8 rings (SSSR count). The first-order valence-electron chi connectivity index (χ1n) is 16.1. The molecule has 0 unspecified atom stereocenters. The Kier molecular flexibility index (Phi) is 7.85. The molecule has 3 aromatic heterocycles. The van der Waals surface area contributed by atoms with Gasteiger partial charge in [-0.05, 0) is 98.8 Å². The average Bonchev–Trinajstić information content (AvgIpc) is 3.67. The Morgan fingerprint density at radius 3 is 2.56 bits per heavy atom. The molecule has 0 saturated carbocycles. The molecule has 0 atom stereocenters. The van der Waals surface area contributed by atoms with E-state index in [9.17, 15) is 14.0 Å². The van der Waals surface area contributed by atoms with Crippen LogP contribution >= 0.6 is 22.7 Å². The predicted octanol–water partition coefficient (Wildman–Crippen LogP) is 7.76. The Hall–Kier alpha value is -4.45. The number of anilines is 3. The minimum absolute atomic E-state index is 0.226. The van der Waals surface area contributed by atoms with Gasteiger partial charge in [0.25, 0.3) is 11.8 Å². The van der Waals surface area contributed by atoms with Crippen molar-refractivity contribution in [3.8, 4) is 20.3 Å². The molecule has 2 amide bonds. The number of carbonyl (C=O) groups excluding carboxylic acids is 2. The number of carbonyl (C=O) groups is 2. The maximum absolute atomic E-state index is 14.7. The highest BCUT2D eigenvalue weighted by Gasteiger charge is 2.45. The molecule has 1 spiro atoms. The number of rotatable bonds is 5. The number of thiazole rings is 1. The molecule has 244 valence electrons. The zero-order chi connectivity index (χ0) is 33.0. The minimum Gasteiger partial charge on any atom is -0.381 e. The zero-order valence-corrected chi connectivity index (χ0v) is 28.3.